The normalized spacial score (nSPS) is 23.9. The van der Waals surface area contributed by atoms with E-state index >= 15 is 0 Å². The van der Waals surface area contributed by atoms with Gasteiger partial charge < -0.3 is 9.47 Å². The Balaban J connectivity index is 2.32. The SMILES string of the molecule is CC(C)OC(=O)CN1CCCOC(C)C1. The van der Waals surface area contributed by atoms with Gasteiger partial charge in [-0.1, -0.05) is 0 Å². The molecule has 4 nitrogen and oxygen atoms in total. The highest BCUT2D eigenvalue weighted by Gasteiger charge is 2.18. The van der Waals surface area contributed by atoms with Crippen LogP contribution in [0, 0.1) is 0 Å². The van der Waals surface area contributed by atoms with Gasteiger partial charge in [0.2, 0.25) is 0 Å². The van der Waals surface area contributed by atoms with Crippen LogP contribution in [0.3, 0.4) is 0 Å². The average molecular weight is 215 g/mol. The fraction of sp³-hybridized carbons (Fsp3) is 0.909. The number of hydrogen-bond acceptors (Lipinski definition) is 4. The van der Waals surface area contributed by atoms with E-state index in [-0.39, 0.29) is 18.2 Å². The van der Waals surface area contributed by atoms with Crippen molar-refractivity contribution in [1.82, 2.24) is 4.90 Å². The molecule has 0 N–H and O–H groups in total. The predicted molar refractivity (Wildman–Crippen MR) is 57.7 cm³/mol. The molecule has 1 aliphatic rings. The third-order valence-electron chi connectivity index (χ3n) is 2.26. The van der Waals surface area contributed by atoms with Gasteiger partial charge in [-0.15, -0.1) is 0 Å². The fourth-order valence-corrected chi connectivity index (χ4v) is 1.71. The van der Waals surface area contributed by atoms with Crippen molar-refractivity contribution in [2.75, 3.05) is 26.2 Å². The first kappa shape index (κ1) is 12.5. The van der Waals surface area contributed by atoms with Gasteiger partial charge in [-0.3, -0.25) is 9.69 Å². The van der Waals surface area contributed by atoms with E-state index in [1.54, 1.807) is 0 Å². The molecule has 15 heavy (non-hydrogen) atoms. The molecular formula is C11H21NO3. The van der Waals surface area contributed by atoms with Crippen molar-refractivity contribution in [2.24, 2.45) is 0 Å². The Morgan fingerprint density at radius 3 is 3.00 bits per heavy atom. The number of rotatable bonds is 3. The maximum absolute atomic E-state index is 11.4. The highest BCUT2D eigenvalue weighted by atomic mass is 16.5. The Bertz CT molecular complexity index is 206. The van der Waals surface area contributed by atoms with Crippen LogP contribution in [0.25, 0.3) is 0 Å². The molecule has 1 heterocycles. The number of ether oxygens (including phenoxy) is 2. The molecule has 0 aromatic carbocycles. The summed E-state index contributed by atoms with van der Waals surface area (Å²) in [4.78, 5) is 13.5. The quantitative estimate of drug-likeness (QED) is 0.660. The van der Waals surface area contributed by atoms with Crippen molar-refractivity contribution >= 4 is 5.97 Å². The largest absolute Gasteiger partial charge is 0.462 e. The van der Waals surface area contributed by atoms with Gasteiger partial charge in [-0.2, -0.15) is 0 Å². The Morgan fingerprint density at radius 2 is 2.33 bits per heavy atom. The summed E-state index contributed by atoms with van der Waals surface area (Å²) in [5.74, 6) is -0.140. The molecule has 1 unspecified atom stereocenters. The van der Waals surface area contributed by atoms with Crippen LogP contribution in [-0.2, 0) is 14.3 Å². The summed E-state index contributed by atoms with van der Waals surface area (Å²) in [6.45, 7) is 8.66. The highest BCUT2D eigenvalue weighted by molar-refractivity contribution is 5.71. The van der Waals surface area contributed by atoms with Crippen molar-refractivity contribution in [3.8, 4) is 0 Å². The lowest BCUT2D eigenvalue weighted by atomic mass is 10.3. The first-order chi connectivity index (χ1) is 7.08. The second-order valence-corrected chi connectivity index (χ2v) is 4.31. The molecule has 1 atom stereocenters. The van der Waals surface area contributed by atoms with Crippen LogP contribution < -0.4 is 0 Å². The van der Waals surface area contributed by atoms with E-state index in [0.717, 1.165) is 26.1 Å². The molecule has 0 amide bonds. The van der Waals surface area contributed by atoms with Crippen molar-refractivity contribution in [2.45, 2.75) is 39.4 Å². The monoisotopic (exact) mass is 215 g/mol. The summed E-state index contributed by atoms with van der Waals surface area (Å²) in [6.07, 6.45) is 1.16. The van der Waals surface area contributed by atoms with Gasteiger partial charge in [0.15, 0.2) is 0 Å². The summed E-state index contributed by atoms with van der Waals surface area (Å²) in [7, 11) is 0. The minimum absolute atomic E-state index is 0.0295. The van der Waals surface area contributed by atoms with E-state index in [4.69, 9.17) is 9.47 Å². The smallest absolute Gasteiger partial charge is 0.320 e. The Kier molecular flexibility index (Phi) is 5.05. The van der Waals surface area contributed by atoms with Crippen LogP contribution in [0.1, 0.15) is 27.2 Å². The predicted octanol–water partition coefficient (Wildman–Crippen LogP) is 1.05. The van der Waals surface area contributed by atoms with Crippen molar-refractivity contribution < 1.29 is 14.3 Å². The molecule has 1 fully saturated rings. The lowest BCUT2D eigenvalue weighted by Crippen LogP contribution is -2.36. The number of esters is 1. The zero-order valence-electron chi connectivity index (χ0n) is 9.86. The molecule has 0 saturated carbocycles. The van der Waals surface area contributed by atoms with Gasteiger partial charge in [0, 0.05) is 19.7 Å². The molecule has 1 rings (SSSR count). The summed E-state index contributed by atoms with van der Waals surface area (Å²) >= 11 is 0. The maximum atomic E-state index is 11.4. The van der Waals surface area contributed by atoms with Crippen molar-refractivity contribution in [1.29, 1.82) is 0 Å². The minimum atomic E-state index is -0.140. The van der Waals surface area contributed by atoms with E-state index in [2.05, 4.69) is 4.90 Å². The Labute approximate surface area is 91.5 Å². The van der Waals surface area contributed by atoms with Gasteiger partial charge in [-0.25, -0.2) is 0 Å². The maximum Gasteiger partial charge on any atom is 0.320 e. The van der Waals surface area contributed by atoms with E-state index in [9.17, 15) is 4.79 Å². The molecule has 0 aliphatic carbocycles. The van der Waals surface area contributed by atoms with E-state index in [0.29, 0.717) is 6.54 Å². The number of carbonyl (C=O) groups excluding carboxylic acids is 1. The number of hydrogen-bond donors (Lipinski definition) is 0. The zero-order chi connectivity index (χ0) is 11.3. The second kappa shape index (κ2) is 6.08. The minimum Gasteiger partial charge on any atom is -0.462 e. The van der Waals surface area contributed by atoms with Gasteiger partial charge in [0.05, 0.1) is 18.8 Å². The van der Waals surface area contributed by atoms with Gasteiger partial charge in [0.25, 0.3) is 0 Å². The van der Waals surface area contributed by atoms with E-state index in [1.807, 2.05) is 20.8 Å². The number of carbonyl (C=O) groups is 1. The molecule has 0 spiro atoms. The van der Waals surface area contributed by atoms with Gasteiger partial charge >= 0.3 is 5.97 Å². The van der Waals surface area contributed by atoms with E-state index in [1.165, 1.54) is 0 Å². The van der Waals surface area contributed by atoms with Gasteiger partial charge in [0.1, 0.15) is 0 Å². The Hall–Kier alpha value is -0.610. The summed E-state index contributed by atoms with van der Waals surface area (Å²) in [5, 5.41) is 0. The average Bonchev–Trinajstić information content (AvgIpc) is 2.28. The lowest BCUT2D eigenvalue weighted by Gasteiger charge is -2.21. The fourth-order valence-electron chi connectivity index (χ4n) is 1.71. The van der Waals surface area contributed by atoms with E-state index < -0.39 is 0 Å². The lowest BCUT2D eigenvalue weighted by molar-refractivity contribution is -0.148. The zero-order valence-corrected chi connectivity index (χ0v) is 9.86. The molecule has 4 heteroatoms. The molecule has 0 bridgehead atoms. The van der Waals surface area contributed by atoms with Crippen LogP contribution in [0.15, 0.2) is 0 Å². The van der Waals surface area contributed by atoms with Crippen LogP contribution in [-0.4, -0.2) is 49.3 Å². The summed E-state index contributed by atoms with van der Waals surface area (Å²) < 4.78 is 10.6. The first-order valence-corrected chi connectivity index (χ1v) is 5.61. The molecule has 1 aliphatic heterocycles. The number of nitrogens with zero attached hydrogens (tertiary/aromatic N) is 1. The van der Waals surface area contributed by atoms with Gasteiger partial charge in [-0.05, 0) is 27.2 Å². The first-order valence-electron chi connectivity index (χ1n) is 5.61. The molecule has 0 aromatic rings. The molecule has 88 valence electrons. The van der Waals surface area contributed by atoms with Crippen LogP contribution in [0.4, 0.5) is 0 Å². The third kappa shape index (κ3) is 5.14. The van der Waals surface area contributed by atoms with Crippen molar-refractivity contribution in [3.63, 3.8) is 0 Å². The van der Waals surface area contributed by atoms with Crippen molar-refractivity contribution in [3.05, 3.63) is 0 Å². The standard InChI is InChI=1S/C11H21NO3/c1-9(2)15-11(13)8-12-5-4-6-14-10(3)7-12/h9-10H,4-8H2,1-3H3. The molecule has 0 aromatic heterocycles. The molecule has 1 saturated heterocycles. The summed E-state index contributed by atoms with van der Waals surface area (Å²) in [5.41, 5.74) is 0. The Morgan fingerprint density at radius 1 is 1.60 bits per heavy atom. The van der Waals surface area contributed by atoms with Crippen LogP contribution in [0.5, 0.6) is 0 Å². The van der Waals surface area contributed by atoms with Crippen LogP contribution in [0.2, 0.25) is 0 Å². The third-order valence-corrected chi connectivity index (χ3v) is 2.26. The highest BCUT2D eigenvalue weighted by Crippen LogP contribution is 2.05. The van der Waals surface area contributed by atoms with Crippen LogP contribution >= 0.6 is 0 Å². The second-order valence-electron chi connectivity index (χ2n) is 4.31. The molecule has 0 radical (unpaired) electrons. The summed E-state index contributed by atoms with van der Waals surface area (Å²) in [6, 6.07) is 0. The molecular weight excluding hydrogens is 194 g/mol. The topological polar surface area (TPSA) is 38.8 Å².